The summed E-state index contributed by atoms with van der Waals surface area (Å²) in [6.45, 7) is 7.83. The van der Waals surface area contributed by atoms with Crippen LogP contribution in [0.15, 0.2) is 36.5 Å². The van der Waals surface area contributed by atoms with Crippen LogP contribution in [0.3, 0.4) is 0 Å². The molecule has 1 N–H and O–H groups in total. The van der Waals surface area contributed by atoms with E-state index in [0.717, 1.165) is 25.2 Å². The summed E-state index contributed by atoms with van der Waals surface area (Å²) in [5, 5.41) is 11.4. The Morgan fingerprint density at radius 2 is 1.94 bits per heavy atom. The third-order valence-corrected chi connectivity index (χ3v) is 5.90. The van der Waals surface area contributed by atoms with Gasteiger partial charge in [0.2, 0.25) is 5.91 Å². The first-order valence-electron chi connectivity index (χ1n) is 11.2. The van der Waals surface area contributed by atoms with Gasteiger partial charge in [-0.25, -0.2) is 4.79 Å². The van der Waals surface area contributed by atoms with Crippen molar-refractivity contribution in [2.24, 2.45) is 5.92 Å². The van der Waals surface area contributed by atoms with Crippen LogP contribution >= 0.6 is 11.6 Å². The summed E-state index contributed by atoms with van der Waals surface area (Å²) in [5.41, 5.74) is 0.195. The zero-order valence-corrected chi connectivity index (χ0v) is 20.4. The first-order valence-corrected chi connectivity index (χ1v) is 11.5. The SMILES string of the molecule is CN(CC1CCN(C(=O)CNc2cccc(C(=O)OC(C)(C)C)c2Cl)CC1)c1cccnn1. The van der Waals surface area contributed by atoms with Crippen molar-refractivity contribution < 1.29 is 14.3 Å². The van der Waals surface area contributed by atoms with Gasteiger partial charge in [-0.15, -0.1) is 5.10 Å². The quantitative estimate of drug-likeness (QED) is 0.610. The number of nitrogens with zero attached hydrogens (tertiary/aromatic N) is 4. The van der Waals surface area contributed by atoms with Crippen LogP contribution in [-0.4, -0.2) is 65.8 Å². The average molecular weight is 474 g/mol. The fourth-order valence-corrected chi connectivity index (χ4v) is 4.05. The van der Waals surface area contributed by atoms with Crippen LogP contribution in [0.5, 0.6) is 0 Å². The van der Waals surface area contributed by atoms with E-state index in [2.05, 4.69) is 20.4 Å². The van der Waals surface area contributed by atoms with Crippen molar-refractivity contribution in [3.05, 3.63) is 47.1 Å². The van der Waals surface area contributed by atoms with Gasteiger partial charge in [0.1, 0.15) is 5.60 Å². The Bertz CT molecular complexity index is 956. The highest BCUT2D eigenvalue weighted by molar-refractivity contribution is 6.36. The predicted molar refractivity (Wildman–Crippen MR) is 130 cm³/mol. The summed E-state index contributed by atoms with van der Waals surface area (Å²) in [5.74, 6) is 0.866. The van der Waals surface area contributed by atoms with Gasteiger partial charge in [-0.1, -0.05) is 17.7 Å². The number of aromatic nitrogens is 2. The van der Waals surface area contributed by atoms with Crippen LogP contribution in [0.4, 0.5) is 11.5 Å². The number of hydrogen-bond donors (Lipinski definition) is 1. The zero-order valence-electron chi connectivity index (χ0n) is 19.7. The standard InChI is InChI=1S/C24H32ClN5O3/c1-24(2,3)33-23(32)18-7-5-8-19(22(18)25)26-15-21(31)30-13-10-17(11-14-30)16-29(4)20-9-6-12-27-28-20/h5-9,12,17,26H,10-11,13-16H2,1-4H3. The molecule has 1 aliphatic heterocycles. The molecule has 178 valence electrons. The number of rotatable bonds is 7. The molecule has 9 heteroatoms. The molecule has 1 aromatic heterocycles. The molecule has 2 aromatic rings. The van der Waals surface area contributed by atoms with E-state index in [4.69, 9.17) is 16.3 Å². The van der Waals surface area contributed by atoms with Crippen LogP contribution in [0.1, 0.15) is 44.0 Å². The Labute approximate surface area is 200 Å². The van der Waals surface area contributed by atoms with Crippen molar-refractivity contribution in [3.63, 3.8) is 0 Å². The number of amides is 1. The molecule has 0 radical (unpaired) electrons. The van der Waals surface area contributed by atoms with Gasteiger partial charge in [-0.05, 0) is 63.8 Å². The molecule has 0 unspecified atom stereocenters. The molecule has 0 atom stereocenters. The van der Waals surface area contributed by atoms with E-state index >= 15 is 0 Å². The van der Waals surface area contributed by atoms with E-state index in [-0.39, 0.29) is 23.0 Å². The van der Waals surface area contributed by atoms with E-state index in [0.29, 0.717) is 24.7 Å². The number of anilines is 2. The lowest BCUT2D eigenvalue weighted by molar-refractivity contribution is -0.130. The van der Waals surface area contributed by atoms with Crippen molar-refractivity contribution in [2.45, 2.75) is 39.2 Å². The number of likely N-dealkylation sites (tertiary alicyclic amines) is 1. The zero-order chi connectivity index (χ0) is 24.0. The first-order chi connectivity index (χ1) is 15.6. The lowest BCUT2D eigenvalue weighted by atomic mass is 9.96. The normalized spacial score (nSPS) is 14.6. The van der Waals surface area contributed by atoms with Crippen LogP contribution in [0.2, 0.25) is 5.02 Å². The average Bonchev–Trinajstić information content (AvgIpc) is 2.78. The van der Waals surface area contributed by atoms with Gasteiger partial charge in [-0.2, -0.15) is 5.10 Å². The number of carbonyl (C=O) groups is 2. The number of ether oxygens (including phenoxy) is 1. The maximum Gasteiger partial charge on any atom is 0.340 e. The molecule has 1 amide bonds. The molecule has 1 fully saturated rings. The summed E-state index contributed by atoms with van der Waals surface area (Å²) in [4.78, 5) is 29.1. The monoisotopic (exact) mass is 473 g/mol. The van der Waals surface area contributed by atoms with Crippen LogP contribution < -0.4 is 10.2 Å². The van der Waals surface area contributed by atoms with Crippen molar-refractivity contribution >= 4 is 35.0 Å². The molecule has 0 saturated carbocycles. The van der Waals surface area contributed by atoms with E-state index in [9.17, 15) is 9.59 Å². The van der Waals surface area contributed by atoms with Crippen molar-refractivity contribution in [1.82, 2.24) is 15.1 Å². The topological polar surface area (TPSA) is 87.7 Å². The van der Waals surface area contributed by atoms with Gasteiger partial charge in [-0.3, -0.25) is 4.79 Å². The highest BCUT2D eigenvalue weighted by atomic mass is 35.5. The Morgan fingerprint density at radius 3 is 2.58 bits per heavy atom. The van der Waals surface area contributed by atoms with Crippen molar-refractivity contribution in [2.75, 3.05) is 43.4 Å². The van der Waals surface area contributed by atoms with Gasteiger partial charge in [0.05, 0.1) is 22.8 Å². The summed E-state index contributed by atoms with van der Waals surface area (Å²) in [6.07, 6.45) is 3.53. The van der Waals surface area contributed by atoms with Gasteiger partial charge in [0, 0.05) is 32.9 Å². The fourth-order valence-electron chi connectivity index (χ4n) is 3.78. The second-order valence-corrected chi connectivity index (χ2v) is 9.69. The highest BCUT2D eigenvalue weighted by Gasteiger charge is 2.25. The maximum atomic E-state index is 12.7. The minimum absolute atomic E-state index is 0.00877. The molecule has 33 heavy (non-hydrogen) atoms. The summed E-state index contributed by atoms with van der Waals surface area (Å²) in [6, 6.07) is 8.91. The van der Waals surface area contributed by atoms with Crippen LogP contribution in [0.25, 0.3) is 0 Å². The first kappa shape index (κ1) is 24.8. The van der Waals surface area contributed by atoms with E-state index in [1.54, 1.807) is 45.2 Å². The van der Waals surface area contributed by atoms with E-state index in [1.807, 2.05) is 24.1 Å². The minimum Gasteiger partial charge on any atom is -0.456 e. The van der Waals surface area contributed by atoms with Crippen molar-refractivity contribution in [3.8, 4) is 0 Å². The minimum atomic E-state index is -0.616. The van der Waals surface area contributed by atoms with Gasteiger partial charge in [0.25, 0.3) is 0 Å². The molecule has 2 heterocycles. The number of benzene rings is 1. The third kappa shape index (κ3) is 7.05. The van der Waals surface area contributed by atoms with Gasteiger partial charge >= 0.3 is 5.97 Å². The molecule has 1 aromatic carbocycles. The number of halogens is 1. The second kappa shape index (κ2) is 10.8. The Balaban J connectivity index is 1.49. The molecule has 8 nitrogen and oxygen atoms in total. The molecule has 3 rings (SSSR count). The molecule has 0 spiro atoms. The Kier molecular flexibility index (Phi) is 8.13. The third-order valence-electron chi connectivity index (χ3n) is 5.50. The molecular formula is C24H32ClN5O3. The van der Waals surface area contributed by atoms with Gasteiger partial charge in [0.15, 0.2) is 5.82 Å². The maximum absolute atomic E-state index is 12.7. The number of nitrogens with one attached hydrogen (secondary N) is 1. The van der Waals surface area contributed by atoms with Gasteiger partial charge < -0.3 is 19.9 Å². The smallest absolute Gasteiger partial charge is 0.340 e. The second-order valence-electron chi connectivity index (χ2n) is 9.31. The number of esters is 1. The lowest BCUT2D eigenvalue weighted by Gasteiger charge is -2.34. The Hall–Kier alpha value is -2.87. The summed E-state index contributed by atoms with van der Waals surface area (Å²) in [7, 11) is 2.01. The molecule has 0 bridgehead atoms. The molecular weight excluding hydrogens is 442 g/mol. The van der Waals surface area contributed by atoms with Crippen LogP contribution in [0, 0.1) is 5.92 Å². The van der Waals surface area contributed by atoms with Crippen molar-refractivity contribution in [1.29, 1.82) is 0 Å². The predicted octanol–water partition coefficient (Wildman–Crippen LogP) is 3.87. The number of piperidine rings is 1. The Morgan fingerprint density at radius 1 is 1.21 bits per heavy atom. The fraction of sp³-hybridized carbons (Fsp3) is 0.500. The highest BCUT2D eigenvalue weighted by Crippen LogP contribution is 2.28. The van der Waals surface area contributed by atoms with E-state index < -0.39 is 11.6 Å². The summed E-state index contributed by atoms with van der Waals surface area (Å²) < 4.78 is 5.41. The molecule has 1 saturated heterocycles. The van der Waals surface area contributed by atoms with E-state index in [1.165, 1.54) is 0 Å². The molecule has 1 aliphatic rings. The largest absolute Gasteiger partial charge is 0.456 e. The lowest BCUT2D eigenvalue weighted by Crippen LogP contribution is -2.43. The summed E-state index contributed by atoms with van der Waals surface area (Å²) >= 11 is 6.42. The number of carbonyl (C=O) groups excluding carboxylic acids is 2. The van der Waals surface area contributed by atoms with Crippen LogP contribution in [-0.2, 0) is 9.53 Å². The number of hydrogen-bond acceptors (Lipinski definition) is 7. The molecule has 0 aliphatic carbocycles.